The molecule has 0 aliphatic heterocycles. The smallest absolute Gasteiger partial charge is 0.274 e. The maximum Gasteiger partial charge on any atom is 0.274 e. The van der Waals surface area contributed by atoms with E-state index in [1.165, 1.54) is 0 Å². The molecule has 3 rings (SSSR count). The van der Waals surface area contributed by atoms with E-state index in [1.807, 2.05) is 49.3 Å². The lowest BCUT2D eigenvalue weighted by Crippen LogP contribution is -2.15. The molecule has 116 valence electrons. The van der Waals surface area contributed by atoms with Crippen LogP contribution in [0.15, 0.2) is 55.0 Å². The number of anilines is 2. The van der Waals surface area contributed by atoms with E-state index in [1.54, 1.807) is 29.3 Å². The number of hydrogen-bond acceptors (Lipinski definition) is 5. The molecule has 1 aromatic carbocycles. The molecule has 0 aliphatic carbocycles. The molecule has 0 aliphatic rings. The van der Waals surface area contributed by atoms with Crippen molar-refractivity contribution in [2.75, 3.05) is 24.3 Å². The van der Waals surface area contributed by atoms with Crippen LogP contribution in [0.5, 0.6) is 0 Å². The molecule has 0 saturated heterocycles. The van der Waals surface area contributed by atoms with Crippen molar-refractivity contribution in [1.29, 1.82) is 0 Å². The van der Waals surface area contributed by atoms with Crippen LogP contribution in [0.1, 0.15) is 10.5 Å². The van der Waals surface area contributed by atoms with Gasteiger partial charge in [0, 0.05) is 31.7 Å². The van der Waals surface area contributed by atoms with Gasteiger partial charge in [0.15, 0.2) is 0 Å². The maximum atomic E-state index is 12.3. The van der Waals surface area contributed by atoms with E-state index < -0.39 is 0 Å². The quantitative estimate of drug-likeness (QED) is 0.797. The Labute approximate surface area is 133 Å². The Morgan fingerprint density at radius 2 is 1.91 bits per heavy atom. The minimum Gasteiger partial charge on any atom is -0.378 e. The lowest BCUT2D eigenvalue weighted by molar-refractivity contribution is 0.102. The van der Waals surface area contributed by atoms with Crippen LogP contribution in [0.2, 0.25) is 0 Å². The highest BCUT2D eigenvalue weighted by Gasteiger charge is 2.09. The number of rotatable bonds is 4. The largest absolute Gasteiger partial charge is 0.378 e. The number of amides is 1. The standard InChI is InChI=1S/C16H16N6O/c1-21(2)14-7-8-17-15(11-14)16(23)19-12-3-5-13(6-4-12)22-10-9-18-20-22/h3-11H,1-2H3,(H,19,23). The molecule has 7 heteroatoms. The van der Waals surface area contributed by atoms with Gasteiger partial charge in [0.1, 0.15) is 5.69 Å². The van der Waals surface area contributed by atoms with Crippen molar-refractivity contribution in [3.05, 3.63) is 60.7 Å². The zero-order valence-corrected chi connectivity index (χ0v) is 12.8. The third kappa shape index (κ3) is 3.34. The van der Waals surface area contributed by atoms with Gasteiger partial charge in [-0.3, -0.25) is 9.78 Å². The summed E-state index contributed by atoms with van der Waals surface area (Å²) in [5.41, 5.74) is 2.85. The van der Waals surface area contributed by atoms with Gasteiger partial charge in [-0.25, -0.2) is 4.68 Å². The molecule has 2 heterocycles. The Morgan fingerprint density at radius 3 is 2.57 bits per heavy atom. The number of carbonyl (C=O) groups is 1. The summed E-state index contributed by atoms with van der Waals surface area (Å²) in [7, 11) is 3.83. The second kappa shape index (κ2) is 6.27. The highest BCUT2D eigenvalue weighted by molar-refractivity contribution is 6.03. The van der Waals surface area contributed by atoms with Gasteiger partial charge in [0.05, 0.1) is 18.1 Å². The van der Waals surface area contributed by atoms with Crippen molar-refractivity contribution in [2.24, 2.45) is 0 Å². The first-order chi connectivity index (χ1) is 11.1. The zero-order chi connectivity index (χ0) is 16.2. The molecule has 0 atom stereocenters. The van der Waals surface area contributed by atoms with Crippen molar-refractivity contribution in [1.82, 2.24) is 20.0 Å². The first-order valence-corrected chi connectivity index (χ1v) is 7.05. The lowest BCUT2D eigenvalue weighted by Gasteiger charge is -2.13. The van der Waals surface area contributed by atoms with Crippen molar-refractivity contribution >= 4 is 17.3 Å². The summed E-state index contributed by atoms with van der Waals surface area (Å²) < 4.78 is 1.65. The highest BCUT2D eigenvalue weighted by atomic mass is 16.1. The molecule has 0 spiro atoms. The van der Waals surface area contributed by atoms with E-state index in [2.05, 4.69) is 20.6 Å². The van der Waals surface area contributed by atoms with Crippen LogP contribution in [-0.2, 0) is 0 Å². The number of aromatic nitrogens is 4. The van der Waals surface area contributed by atoms with Crippen molar-refractivity contribution in [3.8, 4) is 5.69 Å². The second-order valence-electron chi connectivity index (χ2n) is 5.14. The molecule has 0 unspecified atom stereocenters. The molecule has 0 bridgehead atoms. The first-order valence-electron chi connectivity index (χ1n) is 7.05. The summed E-state index contributed by atoms with van der Waals surface area (Å²) >= 11 is 0. The van der Waals surface area contributed by atoms with E-state index in [-0.39, 0.29) is 5.91 Å². The summed E-state index contributed by atoms with van der Waals surface area (Å²) in [6.45, 7) is 0. The van der Waals surface area contributed by atoms with E-state index >= 15 is 0 Å². The summed E-state index contributed by atoms with van der Waals surface area (Å²) in [6, 6.07) is 10.9. The van der Waals surface area contributed by atoms with Crippen LogP contribution in [-0.4, -0.2) is 40.0 Å². The summed E-state index contributed by atoms with van der Waals surface area (Å²) in [4.78, 5) is 18.3. The number of hydrogen-bond donors (Lipinski definition) is 1. The van der Waals surface area contributed by atoms with Gasteiger partial charge in [-0.15, -0.1) is 5.10 Å². The maximum absolute atomic E-state index is 12.3. The molecular weight excluding hydrogens is 292 g/mol. The molecule has 0 radical (unpaired) electrons. The van der Waals surface area contributed by atoms with Crippen molar-refractivity contribution in [3.63, 3.8) is 0 Å². The third-order valence-electron chi connectivity index (χ3n) is 3.30. The lowest BCUT2D eigenvalue weighted by atomic mass is 10.2. The van der Waals surface area contributed by atoms with Crippen LogP contribution < -0.4 is 10.2 Å². The minimum absolute atomic E-state index is 0.248. The molecule has 23 heavy (non-hydrogen) atoms. The third-order valence-corrected chi connectivity index (χ3v) is 3.30. The molecule has 7 nitrogen and oxygen atoms in total. The van der Waals surface area contributed by atoms with Gasteiger partial charge >= 0.3 is 0 Å². The molecule has 0 fully saturated rings. The molecule has 1 N–H and O–H groups in total. The average molecular weight is 308 g/mol. The molecule has 2 aromatic heterocycles. The number of benzene rings is 1. The van der Waals surface area contributed by atoms with E-state index in [0.717, 1.165) is 11.4 Å². The first kappa shape index (κ1) is 14.7. The van der Waals surface area contributed by atoms with E-state index in [4.69, 9.17) is 0 Å². The summed E-state index contributed by atoms with van der Waals surface area (Å²) in [5, 5.41) is 10.5. The van der Waals surface area contributed by atoms with Crippen molar-refractivity contribution < 1.29 is 4.79 Å². The fraction of sp³-hybridized carbons (Fsp3) is 0.125. The number of nitrogens with one attached hydrogen (secondary N) is 1. The Balaban J connectivity index is 1.74. The van der Waals surface area contributed by atoms with Crippen LogP contribution in [0, 0.1) is 0 Å². The van der Waals surface area contributed by atoms with Gasteiger partial charge in [-0.1, -0.05) is 5.21 Å². The normalized spacial score (nSPS) is 10.3. The Hall–Kier alpha value is -3.22. The SMILES string of the molecule is CN(C)c1ccnc(C(=O)Nc2ccc(-n3ccnn3)cc2)c1. The predicted octanol–water partition coefficient (Wildman–Crippen LogP) is 1.98. The van der Waals surface area contributed by atoms with Gasteiger partial charge in [0.2, 0.25) is 0 Å². The molecular formula is C16H16N6O. The number of pyridine rings is 1. The Morgan fingerprint density at radius 1 is 1.13 bits per heavy atom. The van der Waals surface area contributed by atoms with Crippen LogP contribution in [0.3, 0.4) is 0 Å². The van der Waals surface area contributed by atoms with Gasteiger partial charge in [-0.2, -0.15) is 0 Å². The average Bonchev–Trinajstić information content (AvgIpc) is 3.10. The topological polar surface area (TPSA) is 75.9 Å². The summed E-state index contributed by atoms with van der Waals surface area (Å²) in [5.74, 6) is -0.248. The fourth-order valence-corrected chi connectivity index (χ4v) is 2.06. The van der Waals surface area contributed by atoms with Gasteiger partial charge < -0.3 is 10.2 Å². The van der Waals surface area contributed by atoms with Crippen LogP contribution in [0.25, 0.3) is 5.69 Å². The van der Waals surface area contributed by atoms with Crippen LogP contribution >= 0.6 is 0 Å². The second-order valence-corrected chi connectivity index (χ2v) is 5.14. The minimum atomic E-state index is -0.248. The highest BCUT2D eigenvalue weighted by Crippen LogP contribution is 2.15. The predicted molar refractivity (Wildman–Crippen MR) is 87.9 cm³/mol. The number of carbonyl (C=O) groups excluding carboxylic acids is 1. The van der Waals surface area contributed by atoms with Crippen LogP contribution in [0.4, 0.5) is 11.4 Å². The van der Waals surface area contributed by atoms with Gasteiger partial charge in [-0.05, 0) is 36.4 Å². The Kier molecular flexibility index (Phi) is 4.01. The zero-order valence-electron chi connectivity index (χ0n) is 12.8. The van der Waals surface area contributed by atoms with E-state index in [9.17, 15) is 4.79 Å². The monoisotopic (exact) mass is 308 g/mol. The van der Waals surface area contributed by atoms with E-state index in [0.29, 0.717) is 11.4 Å². The molecule has 0 saturated carbocycles. The summed E-state index contributed by atoms with van der Waals surface area (Å²) in [6.07, 6.45) is 4.99. The Bertz CT molecular complexity index is 796. The van der Waals surface area contributed by atoms with Crippen molar-refractivity contribution in [2.45, 2.75) is 0 Å². The number of nitrogens with zero attached hydrogens (tertiary/aromatic N) is 5. The molecule has 3 aromatic rings. The fourth-order valence-electron chi connectivity index (χ4n) is 2.06. The molecule has 1 amide bonds. The van der Waals surface area contributed by atoms with Gasteiger partial charge in [0.25, 0.3) is 5.91 Å².